The smallest absolute Gasteiger partial charge is 0.263 e. The van der Waals surface area contributed by atoms with Crippen molar-refractivity contribution < 1.29 is 18.5 Å². The van der Waals surface area contributed by atoms with Gasteiger partial charge in [0.05, 0.1) is 5.69 Å². The minimum atomic E-state index is -0.974. The average molecular weight is 427 g/mol. The van der Waals surface area contributed by atoms with Gasteiger partial charge in [-0.3, -0.25) is 14.6 Å². The van der Waals surface area contributed by atoms with Crippen LogP contribution in [-0.2, 0) is 16.1 Å². The molecule has 0 bridgehead atoms. The summed E-state index contributed by atoms with van der Waals surface area (Å²) in [7, 11) is 0. The van der Waals surface area contributed by atoms with E-state index in [9.17, 15) is 14.0 Å². The van der Waals surface area contributed by atoms with Crippen LogP contribution in [0.5, 0.6) is 0 Å². The first-order valence-corrected chi connectivity index (χ1v) is 9.28. The summed E-state index contributed by atoms with van der Waals surface area (Å²) in [6, 6.07) is 10.2. The number of rotatable bonds is 4. The third-order valence-electron chi connectivity index (χ3n) is 4.79. The molecular formula is C19H12ClFN6O3. The van der Waals surface area contributed by atoms with Crippen molar-refractivity contribution in [1.29, 1.82) is 0 Å². The van der Waals surface area contributed by atoms with Crippen molar-refractivity contribution in [3.05, 3.63) is 65.3 Å². The van der Waals surface area contributed by atoms with Gasteiger partial charge in [-0.2, -0.15) is 10.1 Å². The molecule has 30 heavy (non-hydrogen) atoms. The van der Waals surface area contributed by atoms with Crippen LogP contribution in [0.1, 0.15) is 5.89 Å². The number of anilines is 1. The number of amides is 2. The molecule has 2 aromatic carbocycles. The van der Waals surface area contributed by atoms with E-state index >= 15 is 0 Å². The number of carbonyl (C=O) groups is 2. The summed E-state index contributed by atoms with van der Waals surface area (Å²) in [5, 5.41) is 13.7. The number of fused-ring (bicyclic) bond motifs is 1. The van der Waals surface area contributed by atoms with Crippen molar-refractivity contribution in [3.8, 4) is 11.4 Å². The molecule has 1 aromatic heterocycles. The van der Waals surface area contributed by atoms with Crippen molar-refractivity contribution in [3.63, 3.8) is 0 Å². The molecule has 3 heterocycles. The number of benzene rings is 2. The van der Waals surface area contributed by atoms with Crippen LogP contribution in [0.25, 0.3) is 11.4 Å². The predicted molar refractivity (Wildman–Crippen MR) is 102 cm³/mol. The van der Waals surface area contributed by atoms with Crippen molar-refractivity contribution >= 4 is 29.1 Å². The Morgan fingerprint density at radius 2 is 1.90 bits per heavy atom. The largest absolute Gasteiger partial charge is 0.337 e. The third-order valence-corrected chi connectivity index (χ3v) is 5.03. The lowest BCUT2D eigenvalue weighted by Crippen LogP contribution is -2.39. The van der Waals surface area contributed by atoms with E-state index in [1.54, 1.807) is 24.3 Å². The Kier molecular flexibility index (Phi) is 4.28. The van der Waals surface area contributed by atoms with Gasteiger partial charge in [-0.15, -0.1) is 0 Å². The Morgan fingerprint density at radius 3 is 2.67 bits per heavy atom. The van der Waals surface area contributed by atoms with Gasteiger partial charge >= 0.3 is 0 Å². The maximum absolute atomic E-state index is 13.2. The molecule has 0 spiro atoms. The van der Waals surface area contributed by atoms with Crippen LogP contribution in [0, 0.1) is 5.82 Å². The Balaban J connectivity index is 1.36. The molecule has 150 valence electrons. The van der Waals surface area contributed by atoms with Crippen molar-refractivity contribution in [2.75, 3.05) is 4.90 Å². The average Bonchev–Trinajstić information content (AvgIpc) is 3.42. The number of nitrogens with zero attached hydrogens (tertiary/aromatic N) is 6. The topological polar surface area (TPSA) is 104 Å². The highest BCUT2D eigenvalue weighted by molar-refractivity contribution is 6.30. The molecule has 9 nitrogen and oxygen atoms in total. The highest BCUT2D eigenvalue weighted by Crippen LogP contribution is 2.33. The zero-order valence-electron chi connectivity index (χ0n) is 15.1. The third kappa shape index (κ3) is 3.01. The minimum Gasteiger partial charge on any atom is -0.337 e. The van der Waals surface area contributed by atoms with E-state index in [2.05, 4.69) is 20.5 Å². The molecule has 0 aliphatic carbocycles. The molecule has 2 aliphatic heterocycles. The number of carbonyl (C=O) groups excluding carboxylic acids is 2. The molecule has 11 heteroatoms. The van der Waals surface area contributed by atoms with Gasteiger partial charge in [-0.1, -0.05) is 34.1 Å². The zero-order valence-corrected chi connectivity index (χ0v) is 15.9. The second kappa shape index (κ2) is 6.99. The fourth-order valence-electron chi connectivity index (χ4n) is 3.40. The molecule has 0 saturated carbocycles. The molecule has 2 amide bonds. The van der Waals surface area contributed by atoms with Crippen molar-refractivity contribution in [2.45, 2.75) is 18.6 Å². The first-order chi connectivity index (χ1) is 14.5. The highest BCUT2D eigenvalue weighted by Gasteiger charge is 2.55. The van der Waals surface area contributed by atoms with Crippen LogP contribution in [-0.4, -0.2) is 39.0 Å². The summed E-state index contributed by atoms with van der Waals surface area (Å²) in [4.78, 5) is 30.9. The molecule has 0 unspecified atom stereocenters. The fourth-order valence-corrected chi connectivity index (χ4v) is 3.59. The Labute approximate surface area is 173 Å². The molecule has 1 fully saturated rings. The summed E-state index contributed by atoms with van der Waals surface area (Å²) >= 11 is 5.99. The van der Waals surface area contributed by atoms with Gasteiger partial charge in [-0.25, -0.2) is 9.29 Å². The normalized spacial score (nSPS) is 20.3. The van der Waals surface area contributed by atoms with Crippen molar-refractivity contribution in [1.82, 2.24) is 15.1 Å². The lowest BCUT2D eigenvalue weighted by molar-refractivity contribution is -0.123. The number of aromatic nitrogens is 2. The minimum absolute atomic E-state index is 0.00545. The van der Waals surface area contributed by atoms with Crippen LogP contribution in [0.4, 0.5) is 10.1 Å². The van der Waals surface area contributed by atoms with Gasteiger partial charge in [0, 0.05) is 10.6 Å². The van der Waals surface area contributed by atoms with Crippen LogP contribution < -0.4 is 4.90 Å². The van der Waals surface area contributed by atoms with E-state index in [0.717, 1.165) is 4.90 Å². The standard InChI is InChI=1S/C19H12ClFN6O3/c20-11-3-1-2-10(8-11)17-22-14(30-24-17)9-26-16-15(23-25-26)18(28)27(19(16)29)13-6-4-12(21)5-7-13/h1-8,15-16H,9H2/t15-,16+/m1/s1. The first kappa shape index (κ1) is 18.4. The number of hydrogen-bond acceptors (Lipinski definition) is 8. The van der Waals surface area contributed by atoms with Gasteiger partial charge in [0.15, 0.2) is 12.1 Å². The van der Waals surface area contributed by atoms with E-state index in [1.807, 2.05) is 0 Å². The fraction of sp³-hybridized carbons (Fsp3) is 0.158. The lowest BCUT2D eigenvalue weighted by atomic mass is 10.1. The molecule has 1 saturated heterocycles. The van der Waals surface area contributed by atoms with Crippen LogP contribution in [0.15, 0.2) is 63.4 Å². The predicted octanol–water partition coefficient (Wildman–Crippen LogP) is 3.02. The van der Waals surface area contributed by atoms with Gasteiger partial charge in [-0.05, 0) is 36.4 Å². The maximum atomic E-state index is 13.2. The first-order valence-electron chi connectivity index (χ1n) is 8.90. The SMILES string of the molecule is O=C1[C@@H]2[C@@H](N=NN2Cc2nc(-c3cccc(Cl)c3)no2)C(=O)N1c1ccc(F)cc1. The number of imide groups is 1. The van der Waals surface area contributed by atoms with Gasteiger partial charge in [0.2, 0.25) is 11.7 Å². The molecule has 0 N–H and O–H groups in total. The van der Waals surface area contributed by atoms with Crippen LogP contribution in [0.3, 0.4) is 0 Å². The van der Waals surface area contributed by atoms with Gasteiger partial charge in [0.25, 0.3) is 11.8 Å². The van der Waals surface area contributed by atoms with E-state index in [0.29, 0.717) is 16.4 Å². The molecule has 5 rings (SSSR count). The highest BCUT2D eigenvalue weighted by atomic mass is 35.5. The summed E-state index contributed by atoms with van der Waals surface area (Å²) in [5.41, 5.74) is 0.949. The number of hydrogen-bond donors (Lipinski definition) is 0. The van der Waals surface area contributed by atoms with E-state index in [1.165, 1.54) is 29.3 Å². The molecule has 0 radical (unpaired) electrons. The summed E-state index contributed by atoms with van der Waals surface area (Å²) in [6.07, 6.45) is 0. The van der Waals surface area contributed by atoms with Crippen molar-refractivity contribution in [2.24, 2.45) is 10.3 Å². The molecule has 3 aromatic rings. The molecular weight excluding hydrogens is 415 g/mol. The van der Waals surface area contributed by atoms with E-state index in [-0.39, 0.29) is 18.1 Å². The van der Waals surface area contributed by atoms with Crippen LogP contribution >= 0.6 is 11.6 Å². The monoisotopic (exact) mass is 426 g/mol. The van der Waals surface area contributed by atoms with E-state index < -0.39 is 29.7 Å². The summed E-state index contributed by atoms with van der Waals surface area (Å²) < 4.78 is 18.4. The Bertz CT molecular complexity index is 1180. The molecule has 2 aliphatic rings. The van der Waals surface area contributed by atoms with Crippen LogP contribution in [0.2, 0.25) is 5.02 Å². The number of halogens is 2. The summed E-state index contributed by atoms with van der Waals surface area (Å²) in [6.45, 7) is -0.00545. The summed E-state index contributed by atoms with van der Waals surface area (Å²) in [5.74, 6) is -0.956. The van der Waals surface area contributed by atoms with Gasteiger partial charge in [0.1, 0.15) is 12.4 Å². The maximum Gasteiger partial charge on any atom is 0.263 e. The van der Waals surface area contributed by atoms with Gasteiger partial charge < -0.3 is 4.52 Å². The quantitative estimate of drug-likeness (QED) is 0.594. The zero-order chi connectivity index (χ0) is 20.8. The lowest BCUT2D eigenvalue weighted by Gasteiger charge is -2.19. The second-order valence-electron chi connectivity index (χ2n) is 6.70. The molecule has 2 atom stereocenters. The Hall–Kier alpha value is -3.66. The Morgan fingerprint density at radius 1 is 1.10 bits per heavy atom. The van der Waals surface area contributed by atoms with E-state index in [4.69, 9.17) is 16.1 Å². The second-order valence-corrected chi connectivity index (χ2v) is 7.14.